The first kappa shape index (κ1) is 13.8. The van der Waals surface area contributed by atoms with Crippen LogP contribution in [0.5, 0.6) is 0 Å². The minimum atomic E-state index is -0.616. The van der Waals surface area contributed by atoms with Gasteiger partial charge in [-0.2, -0.15) is 0 Å². The second-order valence-corrected chi connectivity index (χ2v) is 4.98. The summed E-state index contributed by atoms with van der Waals surface area (Å²) in [5.74, 6) is -0.664. The average Bonchev–Trinajstić information content (AvgIpc) is 2.99. The highest BCUT2D eigenvalue weighted by Crippen LogP contribution is 2.34. The van der Waals surface area contributed by atoms with Gasteiger partial charge in [0, 0.05) is 13.2 Å². The summed E-state index contributed by atoms with van der Waals surface area (Å²) >= 11 is 5.99. The van der Waals surface area contributed by atoms with Crippen molar-refractivity contribution in [1.82, 2.24) is 5.16 Å². The normalized spacial score (nSPS) is 13.9. The Kier molecular flexibility index (Phi) is 3.48. The standard InChI is InChI=1S/C14H11ClN2O4/c1-20-7-9-5-8(16-21-9)6-17-11-4-2-3-10(15)12(11)13(18)14(17)19/h2-5H,6-7H2,1H3. The summed E-state index contributed by atoms with van der Waals surface area (Å²) in [5, 5.41) is 4.13. The molecule has 0 unspecified atom stereocenters. The lowest BCUT2D eigenvalue weighted by Gasteiger charge is -2.14. The van der Waals surface area contributed by atoms with E-state index in [1.54, 1.807) is 31.4 Å². The van der Waals surface area contributed by atoms with Gasteiger partial charge >= 0.3 is 0 Å². The Labute approximate surface area is 125 Å². The molecule has 6 nitrogen and oxygen atoms in total. The predicted molar refractivity (Wildman–Crippen MR) is 74.2 cm³/mol. The zero-order chi connectivity index (χ0) is 15.0. The Morgan fingerprint density at radius 2 is 2.19 bits per heavy atom. The van der Waals surface area contributed by atoms with Crippen LogP contribution < -0.4 is 4.90 Å². The lowest BCUT2D eigenvalue weighted by molar-refractivity contribution is -0.114. The molecule has 1 amide bonds. The van der Waals surface area contributed by atoms with Crippen LogP contribution in [0.4, 0.5) is 5.69 Å². The van der Waals surface area contributed by atoms with Crippen molar-refractivity contribution in [1.29, 1.82) is 0 Å². The molecule has 1 aliphatic rings. The fourth-order valence-corrected chi connectivity index (χ4v) is 2.52. The van der Waals surface area contributed by atoms with E-state index < -0.39 is 11.7 Å². The third kappa shape index (κ3) is 2.32. The van der Waals surface area contributed by atoms with Crippen LogP contribution in [0.1, 0.15) is 21.8 Å². The number of carbonyl (C=O) groups excluding carboxylic acids is 2. The van der Waals surface area contributed by atoms with Gasteiger partial charge in [0.15, 0.2) is 5.76 Å². The fourth-order valence-electron chi connectivity index (χ4n) is 2.26. The lowest BCUT2D eigenvalue weighted by atomic mass is 10.1. The van der Waals surface area contributed by atoms with Crippen LogP contribution in [-0.2, 0) is 22.7 Å². The average molecular weight is 307 g/mol. The van der Waals surface area contributed by atoms with Crippen LogP contribution in [0.3, 0.4) is 0 Å². The van der Waals surface area contributed by atoms with Crippen LogP contribution in [0.25, 0.3) is 0 Å². The van der Waals surface area contributed by atoms with Crippen molar-refractivity contribution >= 4 is 29.0 Å². The molecular formula is C14H11ClN2O4. The molecule has 1 aromatic carbocycles. The number of fused-ring (bicyclic) bond motifs is 1. The highest BCUT2D eigenvalue weighted by molar-refractivity contribution is 6.55. The number of methoxy groups -OCH3 is 1. The molecule has 21 heavy (non-hydrogen) atoms. The molecule has 3 rings (SSSR count). The van der Waals surface area contributed by atoms with Crippen molar-refractivity contribution in [3.05, 3.63) is 46.3 Å². The van der Waals surface area contributed by atoms with Crippen molar-refractivity contribution in [2.24, 2.45) is 0 Å². The molecule has 0 radical (unpaired) electrons. The quantitative estimate of drug-likeness (QED) is 0.810. The van der Waals surface area contributed by atoms with Gasteiger partial charge < -0.3 is 9.26 Å². The molecule has 1 aliphatic heterocycles. The molecule has 2 heterocycles. The van der Waals surface area contributed by atoms with Gasteiger partial charge in [-0.25, -0.2) is 0 Å². The van der Waals surface area contributed by atoms with E-state index in [-0.39, 0.29) is 17.1 Å². The summed E-state index contributed by atoms with van der Waals surface area (Å²) in [6.07, 6.45) is 0. The van der Waals surface area contributed by atoms with Crippen LogP contribution in [0.2, 0.25) is 5.02 Å². The summed E-state index contributed by atoms with van der Waals surface area (Å²) in [5.41, 5.74) is 1.27. The summed E-state index contributed by atoms with van der Waals surface area (Å²) < 4.78 is 10.0. The topological polar surface area (TPSA) is 72.6 Å². The first-order valence-corrected chi connectivity index (χ1v) is 6.57. The number of ether oxygens (including phenoxy) is 1. The van der Waals surface area contributed by atoms with Crippen molar-refractivity contribution < 1.29 is 18.8 Å². The number of aromatic nitrogens is 1. The Morgan fingerprint density at radius 3 is 2.95 bits per heavy atom. The van der Waals surface area contributed by atoms with Crippen molar-refractivity contribution in [2.75, 3.05) is 12.0 Å². The SMILES string of the molecule is COCc1cc(CN2C(=O)C(=O)c3c(Cl)cccc32)no1. The maximum atomic E-state index is 12.1. The van der Waals surface area contributed by atoms with Gasteiger partial charge in [-0.15, -0.1) is 0 Å². The number of rotatable bonds is 4. The second-order valence-electron chi connectivity index (χ2n) is 4.57. The summed E-state index contributed by atoms with van der Waals surface area (Å²) in [6.45, 7) is 0.438. The molecule has 1 aromatic heterocycles. The van der Waals surface area contributed by atoms with Gasteiger partial charge in [0.1, 0.15) is 12.3 Å². The molecule has 0 atom stereocenters. The number of amides is 1. The number of Topliss-reactive ketones (excluding diaryl/α,β-unsaturated/α-hetero) is 1. The number of benzene rings is 1. The van der Waals surface area contributed by atoms with E-state index in [2.05, 4.69) is 5.16 Å². The van der Waals surface area contributed by atoms with Gasteiger partial charge in [-0.1, -0.05) is 22.8 Å². The monoisotopic (exact) mass is 306 g/mol. The molecule has 2 aromatic rings. The highest BCUT2D eigenvalue weighted by atomic mass is 35.5. The van der Waals surface area contributed by atoms with Gasteiger partial charge in [0.25, 0.3) is 11.7 Å². The number of nitrogens with zero attached hydrogens (tertiary/aromatic N) is 2. The van der Waals surface area contributed by atoms with E-state index >= 15 is 0 Å². The largest absolute Gasteiger partial charge is 0.377 e. The number of hydrogen-bond donors (Lipinski definition) is 0. The summed E-state index contributed by atoms with van der Waals surface area (Å²) in [4.78, 5) is 25.4. The van der Waals surface area contributed by atoms with Crippen molar-refractivity contribution in [2.45, 2.75) is 13.2 Å². The molecule has 0 saturated heterocycles. The molecule has 108 valence electrons. The van der Waals surface area contributed by atoms with E-state index in [9.17, 15) is 9.59 Å². The zero-order valence-electron chi connectivity index (χ0n) is 11.1. The highest BCUT2D eigenvalue weighted by Gasteiger charge is 2.37. The molecule has 0 aliphatic carbocycles. The lowest BCUT2D eigenvalue weighted by Crippen LogP contribution is -2.29. The van der Waals surface area contributed by atoms with Gasteiger partial charge in [0.2, 0.25) is 0 Å². The second kappa shape index (κ2) is 5.31. The molecule has 7 heteroatoms. The van der Waals surface area contributed by atoms with Crippen LogP contribution in [0.15, 0.2) is 28.8 Å². The number of halogens is 1. The first-order chi connectivity index (χ1) is 10.1. The van der Waals surface area contributed by atoms with E-state index in [4.69, 9.17) is 20.9 Å². The zero-order valence-corrected chi connectivity index (χ0v) is 11.9. The Bertz CT molecular complexity index is 726. The van der Waals surface area contributed by atoms with Gasteiger partial charge in [-0.3, -0.25) is 14.5 Å². The first-order valence-electron chi connectivity index (χ1n) is 6.20. The Morgan fingerprint density at radius 1 is 1.38 bits per heavy atom. The predicted octanol–water partition coefficient (Wildman–Crippen LogP) is 2.20. The minimum absolute atomic E-state index is 0.144. The molecule has 0 saturated carbocycles. The van der Waals surface area contributed by atoms with Gasteiger partial charge in [0.05, 0.1) is 22.8 Å². The van der Waals surface area contributed by atoms with Crippen LogP contribution in [0, 0.1) is 0 Å². The number of ketones is 1. The molecule has 0 N–H and O–H groups in total. The van der Waals surface area contributed by atoms with E-state index in [0.29, 0.717) is 23.7 Å². The molecular weight excluding hydrogens is 296 g/mol. The summed E-state index contributed by atoms with van der Waals surface area (Å²) in [6, 6.07) is 6.64. The number of hydrogen-bond acceptors (Lipinski definition) is 5. The van der Waals surface area contributed by atoms with Crippen LogP contribution >= 0.6 is 11.6 Å². The molecule has 0 bridgehead atoms. The number of carbonyl (C=O) groups is 2. The Hall–Kier alpha value is -2.18. The van der Waals surface area contributed by atoms with E-state index in [0.717, 1.165) is 0 Å². The maximum absolute atomic E-state index is 12.1. The summed E-state index contributed by atoms with van der Waals surface area (Å²) in [7, 11) is 1.54. The smallest absolute Gasteiger partial charge is 0.299 e. The van der Waals surface area contributed by atoms with Crippen LogP contribution in [-0.4, -0.2) is 24.0 Å². The molecule has 0 fully saturated rings. The number of anilines is 1. The Balaban J connectivity index is 1.91. The van der Waals surface area contributed by atoms with Crippen molar-refractivity contribution in [3.8, 4) is 0 Å². The van der Waals surface area contributed by atoms with Gasteiger partial charge in [-0.05, 0) is 12.1 Å². The maximum Gasteiger partial charge on any atom is 0.299 e. The molecule has 0 spiro atoms. The fraction of sp³-hybridized carbons (Fsp3) is 0.214. The minimum Gasteiger partial charge on any atom is -0.377 e. The van der Waals surface area contributed by atoms with E-state index in [1.807, 2.05) is 0 Å². The van der Waals surface area contributed by atoms with Crippen molar-refractivity contribution in [3.63, 3.8) is 0 Å². The third-order valence-corrected chi connectivity index (χ3v) is 3.48. The van der Waals surface area contributed by atoms with E-state index in [1.165, 1.54) is 4.90 Å². The third-order valence-electron chi connectivity index (χ3n) is 3.16.